The fourth-order valence-corrected chi connectivity index (χ4v) is 2.26. The van der Waals surface area contributed by atoms with E-state index in [1.807, 2.05) is 25.1 Å². The van der Waals surface area contributed by atoms with Crippen molar-refractivity contribution in [2.45, 2.75) is 45.6 Å². The Balaban J connectivity index is 1.91. The van der Waals surface area contributed by atoms with Gasteiger partial charge in [0.05, 0.1) is 6.04 Å². The normalized spacial score (nSPS) is 14.7. The topological polar surface area (TPSA) is 47.6 Å². The van der Waals surface area contributed by atoms with Crippen molar-refractivity contribution in [3.63, 3.8) is 0 Å². The molecule has 1 aromatic carbocycles. The highest BCUT2D eigenvalue weighted by molar-refractivity contribution is 5.76. The van der Waals surface area contributed by atoms with Gasteiger partial charge < -0.3 is 14.8 Å². The molecule has 1 amide bonds. The maximum atomic E-state index is 11.8. The summed E-state index contributed by atoms with van der Waals surface area (Å²) in [6.45, 7) is 5.29. The van der Waals surface area contributed by atoms with Crippen LogP contribution in [-0.2, 0) is 4.79 Å². The Morgan fingerprint density at radius 1 is 1.25 bits per heavy atom. The van der Waals surface area contributed by atoms with Gasteiger partial charge in [-0.2, -0.15) is 0 Å². The maximum absolute atomic E-state index is 11.8. The SMILES string of the molecule is CCCCCC(=O)NC(C)c1ccc2c(c1)OCCO2. The molecule has 0 bridgehead atoms. The van der Waals surface area contributed by atoms with Gasteiger partial charge in [-0.25, -0.2) is 0 Å². The zero-order valence-electron chi connectivity index (χ0n) is 12.3. The molecule has 1 aliphatic rings. The molecule has 1 atom stereocenters. The molecule has 0 aromatic heterocycles. The number of nitrogens with one attached hydrogen (secondary N) is 1. The van der Waals surface area contributed by atoms with Crippen LogP contribution in [0.1, 0.15) is 51.1 Å². The number of amides is 1. The molecule has 0 radical (unpaired) electrons. The summed E-state index contributed by atoms with van der Waals surface area (Å²) in [5, 5.41) is 3.03. The van der Waals surface area contributed by atoms with Gasteiger partial charge in [0.2, 0.25) is 5.91 Å². The lowest BCUT2D eigenvalue weighted by Gasteiger charge is -2.21. The van der Waals surface area contributed by atoms with Gasteiger partial charge in [-0.3, -0.25) is 4.79 Å². The van der Waals surface area contributed by atoms with Crippen LogP contribution in [0.4, 0.5) is 0 Å². The van der Waals surface area contributed by atoms with Crippen LogP contribution in [0.25, 0.3) is 0 Å². The zero-order valence-corrected chi connectivity index (χ0v) is 12.3. The van der Waals surface area contributed by atoms with Gasteiger partial charge in [0.1, 0.15) is 13.2 Å². The Labute approximate surface area is 120 Å². The van der Waals surface area contributed by atoms with Gasteiger partial charge in [-0.05, 0) is 31.0 Å². The summed E-state index contributed by atoms with van der Waals surface area (Å²) in [4.78, 5) is 11.8. The first-order valence-electron chi connectivity index (χ1n) is 7.39. The average molecular weight is 277 g/mol. The van der Waals surface area contributed by atoms with Crippen LogP contribution >= 0.6 is 0 Å². The minimum atomic E-state index is -0.0139. The summed E-state index contributed by atoms with van der Waals surface area (Å²) < 4.78 is 11.1. The van der Waals surface area contributed by atoms with E-state index in [4.69, 9.17) is 9.47 Å². The van der Waals surface area contributed by atoms with Crippen molar-refractivity contribution in [3.8, 4) is 11.5 Å². The third-order valence-corrected chi connectivity index (χ3v) is 3.45. The molecule has 1 aromatic rings. The van der Waals surface area contributed by atoms with Crippen molar-refractivity contribution >= 4 is 5.91 Å². The van der Waals surface area contributed by atoms with E-state index in [-0.39, 0.29) is 11.9 Å². The first kappa shape index (κ1) is 14.7. The molecule has 1 unspecified atom stereocenters. The molecular formula is C16H23NO3. The summed E-state index contributed by atoms with van der Waals surface area (Å²) in [6.07, 6.45) is 3.79. The minimum absolute atomic E-state index is 0.0139. The molecule has 0 saturated carbocycles. The standard InChI is InChI=1S/C16H23NO3/c1-3-4-5-6-16(18)17-12(2)13-7-8-14-15(11-13)20-10-9-19-14/h7-8,11-12H,3-6,9-10H2,1-2H3,(H,17,18). The molecule has 1 aliphatic heterocycles. The molecule has 20 heavy (non-hydrogen) atoms. The summed E-state index contributed by atoms with van der Waals surface area (Å²) in [5.41, 5.74) is 1.04. The van der Waals surface area contributed by atoms with E-state index >= 15 is 0 Å². The lowest BCUT2D eigenvalue weighted by molar-refractivity contribution is -0.121. The third kappa shape index (κ3) is 3.89. The van der Waals surface area contributed by atoms with Crippen molar-refractivity contribution in [1.82, 2.24) is 5.32 Å². The lowest BCUT2D eigenvalue weighted by atomic mass is 10.1. The van der Waals surface area contributed by atoms with E-state index in [9.17, 15) is 4.79 Å². The highest BCUT2D eigenvalue weighted by Crippen LogP contribution is 2.32. The lowest BCUT2D eigenvalue weighted by Crippen LogP contribution is -2.26. The second-order valence-corrected chi connectivity index (χ2v) is 5.15. The summed E-state index contributed by atoms with van der Waals surface area (Å²) in [6, 6.07) is 5.82. The molecule has 4 heteroatoms. The smallest absolute Gasteiger partial charge is 0.220 e. The van der Waals surface area contributed by atoms with E-state index < -0.39 is 0 Å². The molecule has 4 nitrogen and oxygen atoms in total. The van der Waals surface area contributed by atoms with E-state index in [0.717, 1.165) is 36.3 Å². The molecule has 0 fully saturated rings. The highest BCUT2D eigenvalue weighted by Gasteiger charge is 2.15. The van der Waals surface area contributed by atoms with Crippen molar-refractivity contribution in [2.75, 3.05) is 13.2 Å². The zero-order chi connectivity index (χ0) is 14.4. The fourth-order valence-electron chi connectivity index (χ4n) is 2.26. The predicted octanol–water partition coefficient (Wildman–Crippen LogP) is 3.22. The molecular weight excluding hydrogens is 254 g/mol. The van der Waals surface area contributed by atoms with Gasteiger partial charge >= 0.3 is 0 Å². The summed E-state index contributed by atoms with van der Waals surface area (Å²) >= 11 is 0. The molecule has 1 N–H and O–H groups in total. The number of carbonyl (C=O) groups is 1. The minimum Gasteiger partial charge on any atom is -0.486 e. The molecule has 1 heterocycles. The second-order valence-electron chi connectivity index (χ2n) is 5.15. The van der Waals surface area contributed by atoms with Crippen LogP contribution in [0.5, 0.6) is 11.5 Å². The van der Waals surface area contributed by atoms with Crippen LogP contribution in [0.3, 0.4) is 0 Å². The Morgan fingerprint density at radius 3 is 2.75 bits per heavy atom. The van der Waals surface area contributed by atoms with Gasteiger partial charge in [-0.15, -0.1) is 0 Å². The van der Waals surface area contributed by atoms with Gasteiger partial charge in [0, 0.05) is 6.42 Å². The fraction of sp³-hybridized carbons (Fsp3) is 0.562. The van der Waals surface area contributed by atoms with Gasteiger partial charge in [-0.1, -0.05) is 25.8 Å². The molecule has 110 valence electrons. The number of rotatable bonds is 6. The third-order valence-electron chi connectivity index (χ3n) is 3.45. The van der Waals surface area contributed by atoms with E-state index in [0.29, 0.717) is 19.6 Å². The van der Waals surface area contributed by atoms with E-state index in [2.05, 4.69) is 12.2 Å². The second kappa shape index (κ2) is 7.17. The quantitative estimate of drug-likeness (QED) is 0.812. The molecule has 2 rings (SSSR count). The van der Waals surface area contributed by atoms with Crippen LogP contribution in [0.15, 0.2) is 18.2 Å². The number of hydrogen-bond donors (Lipinski definition) is 1. The number of fused-ring (bicyclic) bond motifs is 1. The molecule has 0 saturated heterocycles. The predicted molar refractivity (Wildman–Crippen MR) is 78.1 cm³/mol. The van der Waals surface area contributed by atoms with E-state index in [1.165, 1.54) is 0 Å². The highest BCUT2D eigenvalue weighted by atomic mass is 16.6. The summed E-state index contributed by atoms with van der Waals surface area (Å²) in [5.74, 6) is 1.66. The van der Waals surface area contributed by atoms with Crippen LogP contribution in [0.2, 0.25) is 0 Å². The average Bonchev–Trinajstić information content (AvgIpc) is 2.47. The van der Waals surface area contributed by atoms with Gasteiger partial charge in [0.15, 0.2) is 11.5 Å². The number of carbonyl (C=O) groups excluding carboxylic acids is 1. The van der Waals surface area contributed by atoms with Gasteiger partial charge in [0.25, 0.3) is 0 Å². The number of hydrogen-bond acceptors (Lipinski definition) is 3. The first-order chi connectivity index (χ1) is 9.70. The number of ether oxygens (including phenoxy) is 2. The Morgan fingerprint density at radius 2 is 2.00 bits per heavy atom. The monoisotopic (exact) mass is 277 g/mol. The van der Waals surface area contributed by atoms with E-state index in [1.54, 1.807) is 0 Å². The van der Waals surface area contributed by atoms with Crippen LogP contribution in [-0.4, -0.2) is 19.1 Å². The van der Waals surface area contributed by atoms with Crippen LogP contribution < -0.4 is 14.8 Å². The Kier molecular flexibility index (Phi) is 5.27. The number of unbranched alkanes of at least 4 members (excludes halogenated alkanes) is 2. The van der Waals surface area contributed by atoms with Crippen molar-refractivity contribution in [3.05, 3.63) is 23.8 Å². The molecule has 0 aliphatic carbocycles. The summed E-state index contributed by atoms with van der Waals surface area (Å²) in [7, 11) is 0. The van der Waals surface area contributed by atoms with Crippen molar-refractivity contribution < 1.29 is 14.3 Å². The van der Waals surface area contributed by atoms with Crippen molar-refractivity contribution in [1.29, 1.82) is 0 Å². The Hall–Kier alpha value is -1.71. The molecule has 0 spiro atoms. The van der Waals surface area contributed by atoms with Crippen LogP contribution in [0, 0.1) is 0 Å². The number of benzene rings is 1. The van der Waals surface area contributed by atoms with Crippen molar-refractivity contribution in [2.24, 2.45) is 0 Å². The first-order valence-corrected chi connectivity index (χ1v) is 7.39. The maximum Gasteiger partial charge on any atom is 0.220 e. The largest absolute Gasteiger partial charge is 0.486 e. The Bertz CT molecular complexity index is 459.